The maximum absolute atomic E-state index is 13.2. The molecule has 4 rings (SSSR count). The van der Waals surface area contributed by atoms with Gasteiger partial charge < -0.3 is 10.1 Å². The number of hydrogen-bond acceptors (Lipinski definition) is 6. The Bertz CT molecular complexity index is 1150. The number of aromatic amines is 2. The van der Waals surface area contributed by atoms with Gasteiger partial charge in [-0.05, 0) is 35.4 Å². The van der Waals surface area contributed by atoms with E-state index in [0.717, 1.165) is 16.5 Å². The van der Waals surface area contributed by atoms with E-state index in [1.54, 1.807) is 19.2 Å². The molecule has 136 valence electrons. The molecule has 0 saturated carbocycles. The SMILES string of the molecule is COc1cc(-c2ccc(F)cc2)cc2c(NCc3n[nH]c(=O)[nH]3)ncnc12. The molecule has 4 aromatic rings. The summed E-state index contributed by atoms with van der Waals surface area (Å²) in [4.78, 5) is 22.3. The summed E-state index contributed by atoms with van der Waals surface area (Å²) in [6.07, 6.45) is 1.43. The fourth-order valence-corrected chi connectivity index (χ4v) is 2.80. The zero-order chi connectivity index (χ0) is 18.8. The van der Waals surface area contributed by atoms with Gasteiger partial charge in [0.1, 0.15) is 35.1 Å². The number of benzene rings is 2. The molecule has 0 atom stereocenters. The molecule has 0 bridgehead atoms. The monoisotopic (exact) mass is 366 g/mol. The lowest BCUT2D eigenvalue weighted by atomic mass is 10.0. The summed E-state index contributed by atoms with van der Waals surface area (Å²) < 4.78 is 18.7. The van der Waals surface area contributed by atoms with Gasteiger partial charge in [0.25, 0.3) is 0 Å². The number of halogens is 1. The molecular formula is C18H15FN6O2. The Morgan fingerprint density at radius 3 is 2.67 bits per heavy atom. The first kappa shape index (κ1) is 16.7. The van der Waals surface area contributed by atoms with Crippen molar-refractivity contribution in [3.05, 3.63) is 64.9 Å². The molecule has 0 saturated heterocycles. The van der Waals surface area contributed by atoms with Crippen LogP contribution in [0.25, 0.3) is 22.0 Å². The van der Waals surface area contributed by atoms with Crippen LogP contribution < -0.4 is 15.7 Å². The van der Waals surface area contributed by atoms with Crippen LogP contribution in [0.1, 0.15) is 5.82 Å². The summed E-state index contributed by atoms with van der Waals surface area (Å²) in [7, 11) is 1.56. The van der Waals surface area contributed by atoms with Crippen molar-refractivity contribution in [2.45, 2.75) is 6.54 Å². The third-order valence-corrected chi connectivity index (χ3v) is 4.07. The highest BCUT2D eigenvalue weighted by Crippen LogP contribution is 2.34. The van der Waals surface area contributed by atoms with Crippen molar-refractivity contribution in [3.8, 4) is 16.9 Å². The molecule has 9 heteroatoms. The highest BCUT2D eigenvalue weighted by atomic mass is 19.1. The van der Waals surface area contributed by atoms with Crippen LogP contribution in [0.5, 0.6) is 5.75 Å². The molecule has 0 spiro atoms. The average Bonchev–Trinajstić information content (AvgIpc) is 3.11. The van der Waals surface area contributed by atoms with Crippen molar-refractivity contribution < 1.29 is 9.13 Å². The first-order valence-corrected chi connectivity index (χ1v) is 8.10. The molecule has 0 aliphatic rings. The summed E-state index contributed by atoms with van der Waals surface area (Å²) in [6.45, 7) is 0.272. The number of rotatable bonds is 5. The minimum absolute atomic E-state index is 0.272. The van der Waals surface area contributed by atoms with Crippen LogP contribution in [-0.4, -0.2) is 32.3 Å². The lowest BCUT2D eigenvalue weighted by Gasteiger charge is -2.12. The Balaban J connectivity index is 1.78. The van der Waals surface area contributed by atoms with Crippen LogP contribution in [0.4, 0.5) is 10.2 Å². The van der Waals surface area contributed by atoms with Crippen molar-refractivity contribution >= 4 is 16.7 Å². The number of nitrogens with one attached hydrogen (secondary N) is 3. The molecule has 27 heavy (non-hydrogen) atoms. The van der Waals surface area contributed by atoms with E-state index in [1.807, 2.05) is 12.1 Å². The van der Waals surface area contributed by atoms with Gasteiger partial charge in [0.2, 0.25) is 0 Å². The van der Waals surface area contributed by atoms with Gasteiger partial charge >= 0.3 is 5.69 Å². The highest BCUT2D eigenvalue weighted by molar-refractivity contribution is 5.96. The number of fused-ring (bicyclic) bond motifs is 1. The first-order valence-electron chi connectivity index (χ1n) is 8.10. The smallest absolute Gasteiger partial charge is 0.340 e. The number of methoxy groups -OCH3 is 1. The fourth-order valence-electron chi connectivity index (χ4n) is 2.80. The fraction of sp³-hybridized carbons (Fsp3) is 0.111. The van der Waals surface area contributed by atoms with Crippen molar-refractivity contribution in [2.75, 3.05) is 12.4 Å². The zero-order valence-corrected chi connectivity index (χ0v) is 14.3. The molecule has 0 radical (unpaired) electrons. The molecule has 2 aromatic heterocycles. The Morgan fingerprint density at radius 1 is 1.15 bits per heavy atom. The molecule has 0 unspecified atom stereocenters. The average molecular weight is 366 g/mol. The lowest BCUT2D eigenvalue weighted by molar-refractivity contribution is 0.419. The quantitative estimate of drug-likeness (QED) is 0.501. The van der Waals surface area contributed by atoms with Gasteiger partial charge in [-0.1, -0.05) is 12.1 Å². The topological polar surface area (TPSA) is 109 Å². The van der Waals surface area contributed by atoms with E-state index in [1.165, 1.54) is 18.5 Å². The summed E-state index contributed by atoms with van der Waals surface area (Å²) in [5, 5.41) is 10.0. The third-order valence-electron chi connectivity index (χ3n) is 4.07. The normalized spacial score (nSPS) is 10.9. The van der Waals surface area contributed by atoms with E-state index in [0.29, 0.717) is 22.9 Å². The largest absolute Gasteiger partial charge is 0.494 e. The molecule has 0 aliphatic carbocycles. The summed E-state index contributed by atoms with van der Waals surface area (Å²) in [6, 6.07) is 9.95. The number of anilines is 1. The molecule has 2 heterocycles. The number of H-pyrrole nitrogens is 2. The van der Waals surface area contributed by atoms with Crippen LogP contribution >= 0.6 is 0 Å². The van der Waals surface area contributed by atoms with E-state index in [9.17, 15) is 9.18 Å². The maximum Gasteiger partial charge on any atom is 0.340 e. The van der Waals surface area contributed by atoms with Crippen LogP contribution in [-0.2, 0) is 6.54 Å². The van der Waals surface area contributed by atoms with E-state index >= 15 is 0 Å². The Kier molecular flexibility index (Phi) is 4.25. The van der Waals surface area contributed by atoms with Gasteiger partial charge in [0.05, 0.1) is 13.7 Å². The second-order valence-corrected chi connectivity index (χ2v) is 5.78. The highest BCUT2D eigenvalue weighted by Gasteiger charge is 2.12. The molecule has 0 amide bonds. The van der Waals surface area contributed by atoms with Gasteiger partial charge in [-0.2, -0.15) is 5.10 Å². The van der Waals surface area contributed by atoms with Crippen LogP contribution in [0.15, 0.2) is 47.5 Å². The maximum atomic E-state index is 13.2. The number of hydrogen-bond donors (Lipinski definition) is 3. The predicted molar refractivity (Wildman–Crippen MR) is 98.0 cm³/mol. The van der Waals surface area contributed by atoms with E-state index < -0.39 is 0 Å². The molecular weight excluding hydrogens is 351 g/mol. The molecule has 8 nitrogen and oxygen atoms in total. The number of aromatic nitrogens is 5. The van der Waals surface area contributed by atoms with Gasteiger partial charge in [0, 0.05) is 5.39 Å². The second-order valence-electron chi connectivity index (χ2n) is 5.78. The van der Waals surface area contributed by atoms with E-state index in [-0.39, 0.29) is 18.1 Å². The van der Waals surface area contributed by atoms with Crippen molar-refractivity contribution in [1.29, 1.82) is 0 Å². The number of nitrogens with zero attached hydrogens (tertiary/aromatic N) is 3. The minimum atomic E-state index is -0.375. The zero-order valence-electron chi connectivity index (χ0n) is 14.3. The van der Waals surface area contributed by atoms with Crippen LogP contribution in [0.3, 0.4) is 0 Å². The van der Waals surface area contributed by atoms with Gasteiger partial charge in [-0.15, -0.1) is 0 Å². The molecule has 0 fully saturated rings. The van der Waals surface area contributed by atoms with Crippen LogP contribution in [0.2, 0.25) is 0 Å². The minimum Gasteiger partial charge on any atom is -0.494 e. The second kappa shape index (κ2) is 6.87. The Morgan fingerprint density at radius 2 is 1.96 bits per heavy atom. The van der Waals surface area contributed by atoms with Gasteiger partial charge in [0.15, 0.2) is 0 Å². The summed E-state index contributed by atoms with van der Waals surface area (Å²) in [5.74, 6) is 1.29. The Labute approximate surface area is 152 Å². The van der Waals surface area contributed by atoms with Gasteiger partial charge in [-0.3, -0.25) is 4.98 Å². The van der Waals surface area contributed by atoms with Crippen LogP contribution in [0, 0.1) is 5.82 Å². The Hall–Kier alpha value is -3.75. The third kappa shape index (κ3) is 3.34. The standard InChI is InChI=1S/C18H15FN6O2/c1-27-14-7-11(10-2-4-12(19)5-3-10)6-13-16(14)21-9-22-17(13)20-8-15-23-18(26)25-24-15/h2-7,9H,8H2,1H3,(H,20,21,22)(H2,23,24,25,26). The summed E-state index contributed by atoms with van der Waals surface area (Å²) >= 11 is 0. The lowest BCUT2D eigenvalue weighted by Crippen LogP contribution is -2.06. The van der Waals surface area contributed by atoms with E-state index in [4.69, 9.17) is 4.74 Å². The summed E-state index contributed by atoms with van der Waals surface area (Å²) in [5.41, 5.74) is 1.93. The van der Waals surface area contributed by atoms with E-state index in [2.05, 4.69) is 30.5 Å². The molecule has 2 aromatic carbocycles. The van der Waals surface area contributed by atoms with Gasteiger partial charge in [-0.25, -0.2) is 24.3 Å². The van der Waals surface area contributed by atoms with Crippen molar-refractivity contribution in [2.24, 2.45) is 0 Å². The number of ether oxygens (including phenoxy) is 1. The molecule has 3 N–H and O–H groups in total. The first-order chi connectivity index (χ1) is 13.1. The van der Waals surface area contributed by atoms with Crippen molar-refractivity contribution in [3.63, 3.8) is 0 Å². The predicted octanol–water partition coefficient (Wildman–Crippen LogP) is 2.47. The van der Waals surface area contributed by atoms with Crippen molar-refractivity contribution in [1.82, 2.24) is 25.1 Å². The molecule has 0 aliphatic heterocycles.